The van der Waals surface area contributed by atoms with Crippen LogP contribution in [-0.2, 0) is 0 Å². The molecule has 0 radical (unpaired) electrons. The molecule has 5 nitrogen and oxygen atoms in total. The highest BCUT2D eigenvalue weighted by Crippen LogP contribution is 2.14. The van der Waals surface area contributed by atoms with Crippen LogP contribution in [0.3, 0.4) is 0 Å². The maximum absolute atomic E-state index is 12.4. The van der Waals surface area contributed by atoms with E-state index in [9.17, 15) is 4.79 Å². The Morgan fingerprint density at radius 3 is 2.57 bits per heavy atom. The van der Waals surface area contributed by atoms with Gasteiger partial charge in [-0.15, -0.1) is 0 Å². The molecule has 0 bridgehead atoms. The molecule has 104 valence electrons. The van der Waals surface area contributed by atoms with Gasteiger partial charge >= 0.3 is 0 Å². The summed E-state index contributed by atoms with van der Waals surface area (Å²) < 4.78 is 1.63. The largest absolute Gasteiger partial charge is 0.305 e. The molecule has 1 aromatic carbocycles. The number of benzene rings is 1. The van der Waals surface area contributed by atoms with Crippen LogP contribution in [0.1, 0.15) is 16.2 Å². The van der Waals surface area contributed by atoms with Gasteiger partial charge in [-0.1, -0.05) is 24.3 Å². The minimum Gasteiger partial charge on any atom is -0.305 e. The fourth-order valence-corrected chi connectivity index (χ4v) is 2.04. The summed E-state index contributed by atoms with van der Waals surface area (Å²) in [7, 11) is 0. The molecular weight excluding hydrogens is 264 g/mol. The van der Waals surface area contributed by atoms with E-state index in [1.165, 1.54) is 0 Å². The number of carbonyl (C=O) groups is 1. The average Bonchev–Trinajstić information content (AvgIpc) is 2.91. The Morgan fingerprint density at radius 2 is 1.86 bits per heavy atom. The first-order chi connectivity index (χ1) is 10.2. The lowest BCUT2D eigenvalue weighted by Gasteiger charge is -2.07. The molecule has 0 aliphatic carbocycles. The molecule has 2 aromatic heterocycles. The Balaban J connectivity index is 1.94. The molecule has 0 saturated heterocycles. The van der Waals surface area contributed by atoms with Crippen molar-refractivity contribution in [2.24, 2.45) is 0 Å². The third-order valence-electron chi connectivity index (χ3n) is 2.97. The normalized spacial score (nSPS) is 10.3. The van der Waals surface area contributed by atoms with Crippen molar-refractivity contribution < 1.29 is 4.79 Å². The van der Waals surface area contributed by atoms with Gasteiger partial charge < -0.3 is 5.32 Å². The number of aromatic nitrogens is 3. The lowest BCUT2D eigenvalue weighted by atomic mass is 10.3. The van der Waals surface area contributed by atoms with Crippen LogP contribution in [0.15, 0.2) is 60.8 Å². The molecule has 0 atom stereocenters. The van der Waals surface area contributed by atoms with Crippen molar-refractivity contribution in [1.29, 1.82) is 0 Å². The quantitative estimate of drug-likeness (QED) is 0.801. The SMILES string of the molecule is Cc1cc(C(=O)Nc2ccccn2)n(-c2ccccc2)n1. The topological polar surface area (TPSA) is 59.8 Å². The predicted octanol–water partition coefficient (Wildman–Crippen LogP) is 2.83. The van der Waals surface area contributed by atoms with Gasteiger partial charge in [0.25, 0.3) is 5.91 Å². The predicted molar refractivity (Wildman–Crippen MR) is 80.5 cm³/mol. The number of rotatable bonds is 3. The zero-order valence-electron chi connectivity index (χ0n) is 11.5. The van der Waals surface area contributed by atoms with E-state index in [-0.39, 0.29) is 5.91 Å². The van der Waals surface area contributed by atoms with Crippen molar-refractivity contribution in [3.63, 3.8) is 0 Å². The summed E-state index contributed by atoms with van der Waals surface area (Å²) in [5.74, 6) is 0.277. The average molecular weight is 278 g/mol. The molecule has 0 fully saturated rings. The van der Waals surface area contributed by atoms with Gasteiger partial charge in [-0.25, -0.2) is 9.67 Å². The molecular formula is C16H14N4O. The molecule has 0 unspecified atom stereocenters. The maximum atomic E-state index is 12.4. The first kappa shape index (κ1) is 13.1. The Labute approximate surface area is 122 Å². The van der Waals surface area contributed by atoms with Gasteiger partial charge in [0.2, 0.25) is 0 Å². The second-order valence-corrected chi connectivity index (χ2v) is 4.59. The molecule has 0 aliphatic heterocycles. The van der Waals surface area contributed by atoms with Crippen LogP contribution < -0.4 is 5.32 Å². The molecule has 3 rings (SSSR count). The lowest BCUT2D eigenvalue weighted by Crippen LogP contribution is -2.17. The van der Waals surface area contributed by atoms with Crippen LogP contribution in [0.25, 0.3) is 5.69 Å². The summed E-state index contributed by atoms with van der Waals surface area (Å²) in [6.07, 6.45) is 1.63. The first-order valence-electron chi connectivity index (χ1n) is 6.58. The fourth-order valence-electron chi connectivity index (χ4n) is 2.04. The van der Waals surface area contributed by atoms with Crippen LogP contribution in [0.2, 0.25) is 0 Å². The Kier molecular flexibility index (Phi) is 3.47. The van der Waals surface area contributed by atoms with Gasteiger partial charge in [-0.05, 0) is 37.3 Å². The number of pyridine rings is 1. The zero-order chi connectivity index (χ0) is 14.7. The van der Waals surface area contributed by atoms with E-state index in [0.717, 1.165) is 11.4 Å². The zero-order valence-corrected chi connectivity index (χ0v) is 11.5. The van der Waals surface area contributed by atoms with Gasteiger partial charge in [0.15, 0.2) is 0 Å². The second kappa shape index (κ2) is 5.58. The summed E-state index contributed by atoms with van der Waals surface area (Å²) in [4.78, 5) is 16.5. The third-order valence-corrected chi connectivity index (χ3v) is 2.97. The van der Waals surface area contributed by atoms with Crippen molar-refractivity contribution >= 4 is 11.7 Å². The van der Waals surface area contributed by atoms with Crippen molar-refractivity contribution in [3.8, 4) is 5.69 Å². The van der Waals surface area contributed by atoms with E-state index < -0.39 is 0 Å². The fraction of sp³-hybridized carbons (Fsp3) is 0.0625. The monoisotopic (exact) mass is 278 g/mol. The number of nitrogens with zero attached hydrogens (tertiary/aromatic N) is 3. The molecule has 3 aromatic rings. The highest BCUT2D eigenvalue weighted by atomic mass is 16.2. The molecule has 1 N–H and O–H groups in total. The number of anilines is 1. The van der Waals surface area contributed by atoms with Crippen LogP contribution in [0.5, 0.6) is 0 Å². The van der Waals surface area contributed by atoms with E-state index in [0.29, 0.717) is 11.5 Å². The standard InChI is InChI=1S/C16H14N4O/c1-12-11-14(16(21)18-15-9-5-6-10-17-15)20(19-12)13-7-3-2-4-8-13/h2-11H,1H3,(H,17,18,21). The number of hydrogen-bond acceptors (Lipinski definition) is 3. The van der Waals surface area contributed by atoms with Crippen molar-refractivity contribution in [1.82, 2.24) is 14.8 Å². The summed E-state index contributed by atoms with van der Waals surface area (Å²) in [5.41, 5.74) is 2.10. The molecule has 2 heterocycles. The van der Waals surface area contributed by atoms with Crippen LogP contribution >= 0.6 is 0 Å². The summed E-state index contributed by atoms with van der Waals surface area (Å²) in [6.45, 7) is 1.86. The molecule has 1 amide bonds. The van der Waals surface area contributed by atoms with E-state index >= 15 is 0 Å². The molecule has 21 heavy (non-hydrogen) atoms. The molecule has 0 aliphatic rings. The van der Waals surface area contributed by atoms with Crippen molar-refractivity contribution in [2.75, 3.05) is 5.32 Å². The minimum absolute atomic E-state index is 0.238. The van der Waals surface area contributed by atoms with E-state index in [1.54, 1.807) is 29.1 Å². The Hall–Kier alpha value is -2.95. The molecule has 0 saturated carbocycles. The smallest absolute Gasteiger partial charge is 0.275 e. The van der Waals surface area contributed by atoms with Crippen LogP contribution in [-0.4, -0.2) is 20.7 Å². The summed E-state index contributed by atoms with van der Waals surface area (Å²) in [6, 6.07) is 16.7. The van der Waals surface area contributed by atoms with Gasteiger partial charge in [0, 0.05) is 6.20 Å². The number of amides is 1. The third kappa shape index (κ3) is 2.81. The van der Waals surface area contributed by atoms with E-state index in [2.05, 4.69) is 15.4 Å². The minimum atomic E-state index is -0.238. The van der Waals surface area contributed by atoms with E-state index in [4.69, 9.17) is 0 Å². The number of aryl methyl sites for hydroxylation is 1. The van der Waals surface area contributed by atoms with E-state index in [1.807, 2.05) is 43.3 Å². The summed E-state index contributed by atoms with van der Waals surface area (Å²) in [5, 5.41) is 7.15. The lowest BCUT2D eigenvalue weighted by molar-refractivity contribution is 0.101. The Morgan fingerprint density at radius 1 is 1.10 bits per heavy atom. The molecule has 5 heteroatoms. The number of nitrogens with one attached hydrogen (secondary N) is 1. The first-order valence-corrected chi connectivity index (χ1v) is 6.58. The van der Waals surface area contributed by atoms with Crippen molar-refractivity contribution in [2.45, 2.75) is 6.92 Å². The Bertz CT molecular complexity index is 750. The number of para-hydroxylation sites is 1. The summed E-state index contributed by atoms with van der Waals surface area (Å²) >= 11 is 0. The second-order valence-electron chi connectivity index (χ2n) is 4.59. The van der Waals surface area contributed by atoms with Crippen LogP contribution in [0.4, 0.5) is 5.82 Å². The highest BCUT2D eigenvalue weighted by Gasteiger charge is 2.15. The van der Waals surface area contributed by atoms with Crippen LogP contribution in [0, 0.1) is 6.92 Å². The molecule has 0 spiro atoms. The maximum Gasteiger partial charge on any atom is 0.275 e. The van der Waals surface area contributed by atoms with Gasteiger partial charge in [0.05, 0.1) is 11.4 Å². The van der Waals surface area contributed by atoms with Gasteiger partial charge in [-0.2, -0.15) is 5.10 Å². The van der Waals surface area contributed by atoms with Gasteiger partial charge in [0.1, 0.15) is 11.5 Å². The van der Waals surface area contributed by atoms with Gasteiger partial charge in [-0.3, -0.25) is 4.79 Å². The number of carbonyl (C=O) groups excluding carboxylic acids is 1. The highest BCUT2D eigenvalue weighted by molar-refractivity contribution is 6.03. The van der Waals surface area contributed by atoms with Crippen molar-refractivity contribution in [3.05, 3.63) is 72.2 Å². The number of hydrogen-bond donors (Lipinski definition) is 1.